The topological polar surface area (TPSA) is 12.0 Å². The van der Waals surface area contributed by atoms with Crippen molar-refractivity contribution in [2.75, 3.05) is 5.32 Å². The largest absolute Gasteiger partial charge is 0.393 e. The maximum absolute atomic E-state index is 13.4. The number of benzene rings is 1. The van der Waals surface area contributed by atoms with Crippen molar-refractivity contribution in [2.24, 2.45) is 5.92 Å². The van der Waals surface area contributed by atoms with Crippen LogP contribution in [-0.4, -0.2) is 12.2 Å². The molecule has 2 unspecified atom stereocenters. The van der Waals surface area contributed by atoms with Gasteiger partial charge < -0.3 is 5.32 Å². The Balaban J connectivity index is 2.15. The van der Waals surface area contributed by atoms with Crippen molar-refractivity contribution in [2.45, 2.75) is 37.9 Å². The van der Waals surface area contributed by atoms with Crippen molar-refractivity contribution in [3.05, 3.63) is 29.8 Å². The predicted molar refractivity (Wildman–Crippen MR) is 61.8 cm³/mol. The lowest BCUT2D eigenvalue weighted by Crippen LogP contribution is -2.41. The minimum absolute atomic E-state index is 0.0456. The molecule has 0 heterocycles. The van der Waals surface area contributed by atoms with E-state index in [1.807, 2.05) is 0 Å². The summed E-state index contributed by atoms with van der Waals surface area (Å²) < 4.78 is 64.8. The minimum Gasteiger partial charge on any atom is -0.379 e. The van der Waals surface area contributed by atoms with Crippen LogP contribution in [0.25, 0.3) is 0 Å². The Morgan fingerprint density at radius 2 is 1.74 bits per heavy atom. The van der Waals surface area contributed by atoms with Crippen LogP contribution in [0.1, 0.15) is 25.7 Å². The molecule has 2 atom stereocenters. The molecule has 6 heteroatoms. The fraction of sp³-hybridized carbons (Fsp3) is 0.538. The summed E-state index contributed by atoms with van der Waals surface area (Å²) in [5, 5.41) is 2.57. The summed E-state index contributed by atoms with van der Waals surface area (Å²) in [5.74, 6) is -3.10. The fourth-order valence-corrected chi connectivity index (χ4v) is 2.50. The summed E-state index contributed by atoms with van der Waals surface area (Å²) in [4.78, 5) is 0. The second kappa shape index (κ2) is 5.35. The van der Waals surface area contributed by atoms with Gasteiger partial charge in [-0.1, -0.05) is 12.8 Å². The van der Waals surface area contributed by atoms with E-state index in [9.17, 15) is 22.0 Å². The molecule has 1 aromatic rings. The SMILES string of the molecule is Fc1ccc(NC2CCCCC2C(F)(F)F)c(F)c1. The monoisotopic (exact) mass is 279 g/mol. The molecule has 0 aliphatic heterocycles. The van der Waals surface area contributed by atoms with Gasteiger partial charge in [-0.05, 0) is 25.0 Å². The molecule has 0 radical (unpaired) electrons. The quantitative estimate of drug-likeness (QED) is 0.786. The van der Waals surface area contributed by atoms with Gasteiger partial charge >= 0.3 is 6.18 Å². The van der Waals surface area contributed by atoms with Gasteiger partial charge in [-0.2, -0.15) is 13.2 Å². The molecule has 1 aliphatic rings. The Hall–Kier alpha value is -1.33. The lowest BCUT2D eigenvalue weighted by Gasteiger charge is -2.34. The average molecular weight is 279 g/mol. The van der Waals surface area contributed by atoms with E-state index in [0.29, 0.717) is 25.3 Å². The fourth-order valence-electron chi connectivity index (χ4n) is 2.50. The second-order valence-corrected chi connectivity index (χ2v) is 4.81. The average Bonchev–Trinajstić information content (AvgIpc) is 2.32. The van der Waals surface area contributed by atoms with Crippen LogP contribution in [0.4, 0.5) is 27.6 Å². The molecular formula is C13H14F5N. The number of rotatable bonds is 2. The van der Waals surface area contributed by atoms with Gasteiger partial charge in [0.05, 0.1) is 11.6 Å². The summed E-state index contributed by atoms with van der Waals surface area (Å²) >= 11 is 0. The maximum atomic E-state index is 13.4. The molecule has 19 heavy (non-hydrogen) atoms. The van der Waals surface area contributed by atoms with Crippen molar-refractivity contribution in [3.8, 4) is 0 Å². The number of halogens is 5. The third-order valence-electron chi connectivity index (χ3n) is 3.46. The van der Waals surface area contributed by atoms with Gasteiger partial charge in [-0.3, -0.25) is 0 Å². The van der Waals surface area contributed by atoms with Crippen LogP contribution in [0.5, 0.6) is 0 Å². The van der Waals surface area contributed by atoms with E-state index < -0.39 is 29.8 Å². The van der Waals surface area contributed by atoms with Gasteiger partial charge in [0.2, 0.25) is 0 Å². The highest BCUT2D eigenvalue weighted by Crippen LogP contribution is 2.39. The van der Waals surface area contributed by atoms with Crippen LogP contribution in [0.15, 0.2) is 18.2 Å². The van der Waals surface area contributed by atoms with Crippen LogP contribution in [-0.2, 0) is 0 Å². The van der Waals surface area contributed by atoms with Crippen LogP contribution in [0.3, 0.4) is 0 Å². The first-order chi connectivity index (χ1) is 8.88. The number of nitrogens with one attached hydrogen (secondary N) is 1. The van der Waals surface area contributed by atoms with Gasteiger partial charge in [0.1, 0.15) is 11.6 Å². The number of hydrogen-bond donors (Lipinski definition) is 1. The predicted octanol–water partition coefficient (Wildman–Crippen LogP) is 4.50. The van der Waals surface area contributed by atoms with Crippen LogP contribution < -0.4 is 5.32 Å². The zero-order chi connectivity index (χ0) is 14.0. The molecule has 0 amide bonds. The Kier molecular flexibility index (Phi) is 3.96. The van der Waals surface area contributed by atoms with E-state index in [1.165, 1.54) is 0 Å². The van der Waals surface area contributed by atoms with Gasteiger partial charge in [-0.25, -0.2) is 8.78 Å². The summed E-state index contributed by atoms with van der Waals surface area (Å²) in [5.41, 5.74) is -0.0810. The Labute approximate surface area is 107 Å². The van der Waals surface area contributed by atoms with Crippen LogP contribution in [0.2, 0.25) is 0 Å². The summed E-state index contributed by atoms with van der Waals surface area (Å²) in [6, 6.07) is 1.96. The van der Waals surface area contributed by atoms with Gasteiger partial charge in [0.15, 0.2) is 0 Å². The van der Waals surface area contributed by atoms with Crippen LogP contribution in [0, 0.1) is 17.6 Å². The lowest BCUT2D eigenvalue weighted by atomic mass is 9.84. The van der Waals surface area contributed by atoms with Crippen molar-refractivity contribution in [1.29, 1.82) is 0 Å². The lowest BCUT2D eigenvalue weighted by molar-refractivity contribution is -0.184. The molecule has 0 aromatic heterocycles. The van der Waals surface area contributed by atoms with Crippen molar-refractivity contribution >= 4 is 5.69 Å². The van der Waals surface area contributed by atoms with Gasteiger partial charge in [0.25, 0.3) is 0 Å². The molecule has 106 valence electrons. The highest BCUT2D eigenvalue weighted by atomic mass is 19.4. The van der Waals surface area contributed by atoms with E-state index in [2.05, 4.69) is 5.32 Å². The molecule has 1 nitrogen and oxygen atoms in total. The zero-order valence-corrected chi connectivity index (χ0v) is 10.1. The number of hydrogen-bond acceptors (Lipinski definition) is 1. The Morgan fingerprint density at radius 1 is 1.05 bits per heavy atom. The number of alkyl halides is 3. The molecule has 1 aromatic carbocycles. The molecule has 1 saturated carbocycles. The minimum atomic E-state index is -4.30. The van der Waals surface area contributed by atoms with E-state index in [1.54, 1.807) is 0 Å². The summed E-state index contributed by atoms with van der Waals surface area (Å²) in [7, 11) is 0. The third kappa shape index (κ3) is 3.36. The zero-order valence-electron chi connectivity index (χ0n) is 10.1. The molecule has 2 rings (SSSR count). The first kappa shape index (κ1) is 14.1. The molecule has 1 fully saturated rings. The van der Waals surface area contributed by atoms with E-state index in [4.69, 9.17) is 0 Å². The highest BCUT2D eigenvalue weighted by Gasteiger charge is 2.45. The highest BCUT2D eigenvalue weighted by molar-refractivity contribution is 5.45. The summed E-state index contributed by atoms with van der Waals surface area (Å²) in [6.45, 7) is 0. The maximum Gasteiger partial charge on any atom is 0.393 e. The Morgan fingerprint density at radius 3 is 2.37 bits per heavy atom. The molecule has 1 N–H and O–H groups in total. The molecular weight excluding hydrogens is 265 g/mol. The van der Waals surface area contributed by atoms with Gasteiger partial charge in [0, 0.05) is 12.1 Å². The van der Waals surface area contributed by atoms with E-state index >= 15 is 0 Å². The molecule has 1 aliphatic carbocycles. The third-order valence-corrected chi connectivity index (χ3v) is 3.46. The van der Waals surface area contributed by atoms with E-state index in [-0.39, 0.29) is 12.1 Å². The second-order valence-electron chi connectivity index (χ2n) is 4.81. The Bertz CT molecular complexity index is 443. The first-order valence-corrected chi connectivity index (χ1v) is 6.16. The smallest absolute Gasteiger partial charge is 0.379 e. The number of anilines is 1. The first-order valence-electron chi connectivity index (χ1n) is 6.16. The van der Waals surface area contributed by atoms with Crippen molar-refractivity contribution in [1.82, 2.24) is 0 Å². The normalized spacial score (nSPS) is 24.3. The molecule has 0 spiro atoms. The van der Waals surface area contributed by atoms with Crippen LogP contribution >= 0.6 is 0 Å². The van der Waals surface area contributed by atoms with E-state index in [0.717, 1.165) is 12.1 Å². The standard InChI is InChI=1S/C13H14F5N/c14-8-5-6-12(10(15)7-8)19-11-4-2-1-3-9(11)13(16,17)18/h5-7,9,11,19H,1-4H2. The van der Waals surface area contributed by atoms with Crippen molar-refractivity contribution < 1.29 is 22.0 Å². The van der Waals surface area contributed by atoms with Crippen molar-refractivity contribution in [3.63, 3.8) is 0 Å². The molecule has 0 bridgehead atoms. The molecule has 0 saturated heterocycles. The van der Waals surface area contributed by atoms with Gasteiger partial charge in [-0.15, -0.1) is 0 Å². The summed E-state index contributed by atoms with van der Waals surface area (Å²) in [6.07, 6.45) is -2.72.